The lowest BCUT2D eigenvalue weighted by atomic mass is 10.2. The van der Waals surface area contributed by atoms with Gasteiger partial charge in [0.25, 0.3) is 5.91 Å². The Morgan fingerprint density at radius 2 is 1.84 bits per heavy atom. The molecule has 0 aliphatic carbocycles. The summed E-state index contributed by atoms with van der Waals surface area (Å²) in [5.74, 6) is -3.62. The summed E-state index contributed by atoms with van der Waals surface area (Å²) in [6.07, 6.45) is 0.674. The van der Waals surface area contributed by atoms with E-state index in [0.29, 0.717) is 30.9 Å². The number of aliphatic hydroxyl groups excluding tert-OH is 1. The molecule has 0 saturated heterocycles. The van der Waals surface area contributed by atoms with Gasteiger partial charge < -0.3 is 10.4 Å². The highest BCUT2D eigenvalue weighted by molar-refractivity contribution is 7.99. The number of rotatable bonds is 7. The Bertz CT molecular complexity index is 420. The molecule has 0 aliphatic rings. The first-order valence-electron chi connectivity index (χ1n) is 5.67. The van der Waals surface area contributed by atoms with Crippen LogP contribution in [0.5, 0.6) is 0 Å². The molecule has 3 nitrogen and oxygen atoms in total. The molecule has 0 spiro atoms. The van der Waals surface area contributed by atoms with Gasteiger partial charge in [-0.1, -0.05) is 0 Å². The van der Waals surface area contributed by atoms with Crippen molar-refractivity contribution in [2.75, 3.05) is 24.7 Å². The van der Waals surface area contributed by atoms with Crippen molar-refractivity contribution in [2.24, 2.45) is 0 Å². The third-order valence-electron chi connectivity index (χ3n) is 2.22. The third kappa shape index (κ3) is 5.12. The molecule has 1 amide bonds. The number of benzene rings is 1. The van der Waals surface area contributed by atoms with Crippen LogP contribution in [0.2, 0.25) is 0 Å². The van der Waals surface area contributed by atoms with E-state index in [9.17, 15) is 18.0 Å². The summed E-state index contributed by atoms with van der Waals surface area (Å²) in [4.78, 5) is 11.5. The van der Waals surface area contributed by atoms with Gasteiger partial charge in [-0.2, -0.15) is 11.8 Å². The average Bonchev–Trinajstić information content (AvgIpc) is 2.39. The van der Waals surface area contributed by atoms with Crippen LogP contribution in [0.1, 0.15) is 16.8 Å². The van der Waals surface area contributed by atoms with Crippen LogP contribution in [0.15, 0.2) is 12.1 Å². The zero-order chi connectivity index (χ0) is 14.3. The van der Waals surface area contributed by atoms with Crippen molar-refractivity contribution < 1.29 is 23.1 Å². The Balaban J connectivity index is 2.42. The maximum absolute atomic E-state index is 12.9. The fourth-order valence-electron chi connectivity index (χ4n) is 1.29. The lowest BCUT2D eigenvalue weighted by Gasteiger charge is -2.06. The van der Waals surface area contributed by atoms with Crippen LogP contribution >= 0.6 is 11.8 Å². The maximum atomic E-state index is 12.9. The van der Waals surface area contributed by atoms with Gasteiger partial charge in [0.2, 0.25) is 0 Å². The molecule has 0 saturated carbocycles. The van der Waals surface area contributed by atoms with Crippen molar-refractivity contribution >= 4 is 17.7 Å². The van der Waals surface area contributed by atoms with Gasteiger partial charge in [-0.25, -0.2) is 13.2 Å². The second-order valence-corrected chi connectivity index (χ2v) is 4.92. The van der Waals surface area contributed by atoms with E-state index in [-0.39, 0.29) is 12.2 Å². The number of halogens is 3. The van der Waals surface area contributed by atoms with Crippen molar-refractivity contribution in [3.63, 3.8) is 0 Å². The molecule has 0 bridgehead atoms. The second kappa shape index (κ2) is 8.06. The van der Waals surface area contributed by atoms with E-state index in [0.717, 1.165) is 5.75 Å². The predicted molar refractivity (Wildman–Crippen MR) is 67.7 cm³/mol. The molecule has 0 atom stereocenters. The minimum atomic E-state index is -1.59. The molecule has 1 aromatic rings. The van der Waals surface area contributed by atoms with E-state index >= 15 is 0 Å². The topological polar surface area (TPSA) is 49.3 Å². The molecular weight excluding hydrogens is 279 g/mol. The summed E-state index contributed by atoms with van der Waals surface area (Å²) in [6, 6.07) is 1.32. The lowest BCUT2D eigenvalue weighted by Crippen LogP contribution is -2.26. The van der Waals surface area contributed by atoms with Gasteiger partial charge in [0.05, 0.1) is 0 Å². The molecule has 1 rings (SSSR count). The zero-order valence-corrected chi connectivity index (χ0v) is 10.9. The third-order valence-corrected chi connectivity index (χ3v) is 3.29. The largest absolute Gasteiger partial charge is 0.396 e. The van der Waals surface area contributed by atoms with E-state index < -0.39 is 23.4 Å². The molecular formula is C12H14F3NO2S. The van der Waals surface area contributed by atoms with Crippen LogP contribution in [0.3, 0.4) is 0 Å². The Labute approximate surface area is 113 Å². The van der Waals surface area contributed by atoms with E-state index in [4.69, 9.17) is 5.11 Å². The van der Waals surface area contributed by atoms with E-state index in [1.165, 1.54) is 0 Å². The molecule has 0 aliphatic heterocycles. The van der Waals surface area contributed by atoms with Gasteiger partial charge in [0.1, 0.15) is 0 Å². The number of carbonyl (C=O) groups is 1. The molecule has 0 fully saturated rings. The van der Waals surface area contributed by atoms with E-state index in [2.05, 4.69) is 5.32 Å². The number of aliphatic hydroxyl groups is 1. The number of hydrogen-bond donors (Lipinski definition) is 2. The van der Waals surface area contributed by atoms with Gasteiger partial charge in [-0.15, -0.1) is 0 Å². The summed E-state index contributed by atoms with van der Waals surface area (Å²) in [6.45, 7) is 0.447. The molecule has 0 unspecified atom stereocenters. The van der Waals surface area contributed by atoms with Crippen LogP contribution < -0.4 is 5.32 Å². The average molecular weight is 293 g/mol. The molecule has 19 heavy (non-hydrogen) atoms. The first-order valence-corrected chi connectivity index (χ1v) is 6.83. The maximum Gasteiger partial charge on any atom is 0.251 e. The Kier molecular flexibility index (Phi) is 6.72. The Morgan fingerprint density at radius 1 is 1.21 bits per heavy atom. The van der Waals surface area contributed by atoms with Gasteiger partial charge in [0.15, 0.2) is 17.5 Å². The number of hydrogen-bond acceptors (Lipinski definition) is 3. The van der Waals surface area contributed by atoms with Gasteiger partial charge in [-0.3, -0.25) is 4.79 Å². The number of nitrogens with one attached hydrogen (secondary N) is 1. The van der Waals surface area contributed by atoms with Crippen molar-refractivity contribution in [3.05, 3.63) is 35.1 Å². The minimum absolute atomic E-state index is 0.119. The molecule has 2 N–H and O–H groups in total. The number of thioether (sulfide) groups is 1. The summed E-state index contributed by atoms with van der Waals surface area (Å²) < 4.78 is 38.5. The fourth-order valence-corrected chi connectivity index (χ4v) is 2.08. The van der Waals surface area contributed by atoms with E-state index in [1.54, 1.807) is 11.8 Å². The Morgan fingerprint density at radius 3 is 2.42 bits per heavy atom. The summed E-state index contributed by atoms with van der Waals surface area (Å²) in [5, 5.41) is 11.0. The first kappa shape index (κ1) is 15.8. The normalized spacial score (nSPS) is 10.5. The fraction of sp³-hybridized carbons (Fsp3) is 0.417. The molecule has 0 heterocycles. The van der Waals surface area contributed by atoms with Crippen LogP contribution in [-0.4, -0.2) is 35.7 Å². The highest BCUT2D eigenvalue weighted by atomic mass is 32.2. The van der Waals surface area contributed by atoms with Crippen LogP contribution in [0.4, 0.5) is 13.2 Å². The first-order chi connectivity index (χ1) is 9.06. The van der Waals surface area contributed by atoms with Crippen LogP contribution in [0, 0.1) is 17.5 Å². The quantitative estimate of drug-likeness (QED) is 0.597. The highest BCUT2D eigenvalue weighted by Crippen LogP contribution is 2.13. The van der Waals surface area contributed by atoms with E-state index in [1.807, 2.05) is 0 Å². The number of carbonyl (C=O) groups excluding carboxylic acids is 1. The molecule has 106 valence electrons. The van der Waals surface area contributed by atoms with Gasteiger partial charge >= 0.3 is 0 Å². The molecule has 1 aromatic carbocycles. The zero-order valence-electron chi connectivity index (χ0n) is 10.1. The number of amides is 1. The highest BCUT2D eigenvalue weighted by Gasteiger charge is 2.14. The summed E-state index contributed by atoms with van der Waals surface area (Å²) in [7, 11) is 0. The standard InChI is InChI=1S/C12H14F3NO2S/c13-9-6-8(7-10(14)11(9)15)12(18)16-2-5-19-4-1-3-17/h6-7,17H,1-5H2,(H,16,18). The van der Waals surface area contributed by atoms with Crippen molar-refractivity contribution in [2.45, 2.75) is 6.42 Å². The Hall–Kier alpha value is -1.21. The summed E-state index contributed by atoms with van der Waals surface area (Å²) >= 11 is 1.54. The van der Waals surface area contributed by atoms with Gasteiger partial charge in [-0.05, 0) is 24.3 Å². The van der Waals surface area contributed by atoms with Crippen molar-refractivity contribution in [1.82, 2.24) is 5.32 Å². The van der Waals surface area contributed by atoms with Crippen LogP contribution in [0.25, 0.3) is 0 Å². The van der Waals surface area contributed by atoms with Crippen molar-refractivity contribution in [3.8, 4) is 0 Å². The molecule has 0 aromatic heterocycles. The minimum Gasteiger partial charge on any atom is -0.396 e. The smallest absolute Gasteiger partial charge is 0.251 e. The lowest BCUT2D eigenvalue weighted by molar-refractivity contribution is 0.0955. The SMILES string of the molecule is O=C(NCCSCCCO)c1cc(F)c(F)c(F)c1. The second-order valence-electron chi connectivity index (χ2n) is 3.70. The molecule has 7 heteroatoms. The van der Waals surface area contributed by atoms with Gasteiger partial charge in [0, 0.05) is 24.5 Å². The molecule has 0 radical (unpaired) electrons. The van der Waals surface area contributed by atoms with Crippen molar-refractivity contribution in [1.29, 1.82) is 0 Å². The summed E-state index contributed by atoms with van der Waals surface area (Å²) in [5.41, 5.74) is -0.253. The monoisotopic (exact) mass is 293 g/mol. The van der Waals surface area contributed by atoms with Crippen LogP contribution in [-0.2, 0) is 0 Å². The predicted octanol–water partition coefficient (Wildman–Crippen LogP) is 1.95.